The predicted octanol–water partition coefficient (Wildman–Crippen LogP) is 3.72. The molecule has 0 aliphatic carbocycles. The highest BCUT2D eigenvalue weighted by Gasteiger charge is 2.13. The second kappa shape index (κ2) is 6.78. The van der Waals surface area contributed by atoms with Crippen molar-refractivity contribution >= 4 is 33.2 Å². The van der Waals surface area contributed by atoms with Crippen molar-refractivity contribution in [1.82, 2.24) is 4.90 Å². The summed E-state index contributed by atoms with van der Waals surface area (Å²) in [5, 5.41) is 0. The molecule has 0 unspecified atom stereocenters. The molecule has 1 saturated heterocycles. The number of hydrogen-bond acceptors (Lipinski definition) is 2. The molecule has 2 nitrogen and oxygen atoms in total. The Morgan fingerprint density at radius 1 is 1.33 bits per heavy atom. The topological polar surface area (TPSA) is 6.48 Å². The fourth-order valence-electron chi connectivity index (χ4n) is 2.45. The molecule has 0 saturated carbocycles. The molecule has 1 aliphatic heterocycles. The van der Waals surface area contributed by atoms with Crippen LogP contribution in [0.1, 0.15) is 18.4 Å². The van der Waals surface area contributed by atoms with Crippen LogP contribution in [-0.4, -0.2) is 38.1 Å². The molecule has 1 aliphatic rings. The van der Waals surface area contributed by atoms with Crippen molar-refractivity contribution in [3.05, 3.63) is 28.2 Å². The van der Waals surface area contributed by atoms with E-state index >= 15 is 0 Å². The van der Waals surface area contributed by atoms with Crippen molar-refractivity contribution in [3.8, 4) is 0 Å². The van der Waals surface area contributed by atoms with Crippen molar-refractivity contribution in [2.75, 3.05) is 38.1 Å². The minimum atomic E-state index is 0.558. The molecule has 1 aromatic carbocycles. The van der Waals surface area contributed by atoms with E-state index in [1.807, 2.05) is 0 Å². The van der Waals surface area contributed by atoms with Gasteiger partial charge < -0.3 is 9.80 Å². The maximum absolute atomic E-state index is 6.02. The number of likely N-dealkylation sites (N-methyl/N-ethyl adjacent to an activating group) is 1. The quantitative estimate of drug-likeness (QED) is 0.759. The van der Waals surface area contributed by atoms with E-state index < -0.39 is 0 Å². The van der Waals surface area contributed by atoms with Crippen LogP contribution in [0.5, 0.6) is 0 Å². The van der Waals surface area contributed by atoms with E-state index in [0.717, 1.165) is 17.6 Å². The van der Waals surface area contributed by atoms with Crippen molar-refractivity contribution in [1.29, 1.82) is 0 Å². The number of alkyl halides is 1. The lowest BCUT2D eigenvalue weighted by molar-refractivity contribution is 0.346. The molecular formula is C14H20BrClN2. The Kier molecular flexibility index (Phi) is 5.34. The molecule has 0 N–H and O–H groups in total. The first-order chi connectivity index (χ1) is 8.70. The number of anilines is 1. The zero-order valence-electron chi connectivity index (χ0n) is 10.8. The highest BCUT2D eigenvalue weighted by Crippen LogP contribution is 2.25. The summed E-state index contributed by atoms with van der Waals surface area (Å²) < 4.78 is 1.09. The molecule has 0 bridgehead atoms. The van der Waals surface area contributed by atoms with Gasteiger partial charge in [-0.1, -0.05) is 15.9 Å². The van der Waals surface area contributed by atoms with Crippen LogP contribution in [0.3, 0.4) is 0 Å². The lowest BCUT2D eigenvalue weighted by Crippen LogP contribution is -2.31. The summed E-state index contributed by atoms with van der Waals surface area (Å²) in [6.07, 6.45) is 2.71. The maximum atomic E-state index is 6.02. The first-order valence-corrected chi connectivity index (χ1v) is 7.81. The summed E-state index contributed by atoms with van der Waals surface area (Å²) in [7, 11) is 2.15. The molecule has 0 atom stereocenters. The highest BCUT2D eigenvalue weighted by molar-refractivity contribution is 9.10. The number of benzene rings is 1. The largest absolute Gasteiger partial charge is 0.373 e. The van der Waals surface area contributed by atoms with Crippen molar-refractivity contribution in [2.24, 2.45) is 0 Å². The van der Waals surface area contributed by atoms with Gasteiger partial charge in [0.15, 0.2) is 0 Å². The Morgan fingerprint density at radius 2 is 2.06 bits per heavy atom. The lowest BCUT2D eigenvalue weighted by atomic mass is 10.2. The number of hydrogen-bond donors (Lipinski definition) is 0. The van der Waals surface area contributed by atoms with E-state index in [0.29, 0.717) is 5.88 Å². The third kappa shape index (κ3) is 3.62. The van der Waals surface area contributed by atoms with Gasteiger partial charge in [-0.25, -0.2) is 0 Å². The molecule has 0 spiro atoms. The first kappa shape index (κ1) is 14.2. The summed E-state index contributed by atoms with van der Waals surface area (Å²) in [5.41, 5.74) is 2.43. The molecule has 18 heavy (non-hydrogen) atoms. The van der Waals surface area contributed by atoms with Crippen LogP contribution < -0.4 is 4.90 Å². The average Bonchev–Trinajstić information content (AvgIpc) is 2.88. The normalized spacial score (nSPS) is 16.2. The summed E-state index contributed by atoms with van der Waals surface area (Å²) in [6, 6.07) is 6.33. The smallest absolute Gasteiger partial charge is 0.0494 e. The molecular weight excluding hydrogens is 312 g/mol. The second-order valence-electron chi connectivity index (χ2n) is 4.88. The minimum absolute atomic E-state index is 0.558. The van der Waals surface area contributed by atoms with E-state index in [9.17, 15) is 0 Å². The van der Waals surface area contributed by atoms with E-state index in [-0.39, 0.29) is 0 Å². The standard InChI is InChI=1S/C14H20BrClN2/c1-17(8-9-18-6-2-3-7-18)14-5-4-13(15)10-12(14)11-16/h4-5,10H,2-3,6-9,11H2,1H3. The van der Waals surface area contributed by atoms with Crippen LogP contribution in [0.15, 0.2) is 22.7 Å². The molecule has 1 aromatic rings. The SMILES string of the molecule is CN(CCN1CCCC1)c1ccc(Br)cc1CCl. The van der Waals surface area contributed by atoms with Crippen LogP contribution in [0.2, 0.25) is 0 Å². The minimum Gasteiger partial charge on any atom is -0.373 e. The zero-order chi connectivity index (χ0) is 13.0. The van der Waals surface area contributed by atoms with Crippen molar-refractivity contribution < 1.29 is 0 Å². The summed E-state index contributed by atoms with van der Waals surface area (Å²) in [6.45, 7) is 4.73. The fourth-order valence-corrected chi connectivity index (χ4v) is 3.07. The first-order valence-electron chi connectivity index (χ1n) is 6.48. The second-order valence-corrected chi connectivity index (χ2v) is 6.06. The Labute approximate surface area is 123 Å². The van der Waals surface area contributed by atoms with E-state index in [2.05, 4.69) is 51.0 Å². The van der Waals surface area contributed by atoms with Gasteiger partial charge in [0.05, 0.1) is 0 Å². The Morgan fingerprint density at radius 3 is 2.72 bits per heavy atom. The van der Waals surface area contributed by atoms with Crippen molar-refractivity contribution in [2.45, 2.75) is 18.7 Å². The third-order valence-electron chi connectivity index (χ3n) is 3.55. The van der Waals surface area contributed by atoms with Gasteiger partial charge in [-0.15, -0.1) is 11.6 Å². The van der Waals surface area contributed by atoms with Crippen LogP contribution in [0.25, 0.3) is 0 Å². The van der Waals surface area contributed by atoms with Crippen LogP contribution >= 0.6 is 27.5 Å². The van der Waals surface area contributed by atoms with Gasteiger partial charge in [0, 0.05) is 36.2 Å². The molecule has 1 fully saturated rings. The molecule has 4 heteroatoms. The summed E-state index contributed by atoms with van der Waals surface area (Å²) in [4.78, 5) is 4.85. The van der Waals surface area contributed by atoms with E-state index in [1.165, 1.54) is 37.2 Å². The number of rotatable bonds is 5. The Hall–Kier alpha value is -0.250. The van der Waals surface area contributed by atoms with Crippen LogP contribution in [-0.2, 0) is 5.88 Å². The zero-order valence-corrected chi connectivity index (χ0v) is 13.2. The number of halogens is 2. The highest BCUT2D eigenvalue weighted by atomic mass is 79.9. The molecule has 0 aromatic heterocycles. The van der Waals surface area contributed by atoms with Gasteiger partial charge in [-0.3, -0.25) is 0 Å². The average molecular weight is 332 g/mol. The van der Waals surface area contributed by atoms with Gasteiger partial charge >= 0.3 is 0 Å². The fraction of sp³-hybridized carbons (Fsp3) is 0.571. The molecule has 2 rings (SSSR count). The van der Waals surface area contributed by atoms with Gasteiger partial charge in [-0.2, -0.15) is 0 Å². The molecule has 0 radical (unpaired) electrons. The van der Waals surface area contributed by atoms with Gasteiger partial charge in [0.1, 0.15) is 0 Å². The lowest BCUT2D eigenvalue weighted by Gasteiger charge is -2.25. The van der Waals surface area contributed by atoms with Crippen molar-refractivity contribution in [3.63, 3.8) is 0 Å². The van der Waals surface area contributed by atoms with Gasteiger partial charge in [0.2, 0.25) is 0 Å². The number of likely N-dealkylation sites (tertiary alicyclic amines) is 1. The third-order valence-corrected chi connectivity index (χ3v) is 4.33. The van der Waals surface area contributed by atoms with E-state index in [1.54, 1.807) is 0 Å². The van der Waals surface area contributed by atoms with Gasteiger partial charge in [0.25, 0.3) is 0 Å². The van der Waals surface area contributed by atoms with E-state index in [4.69, 9.17) is 11.6 Å². The Bertz CT molecular complexity index is 391. The molecule has 100 valence electrons. The summed E-state index contributed by atoms with van der Waals surface area (Å²) in [5.74, 6) is 0.558. The Balaban J connectivity index is 1.96. The predicted molar refractivity (Wildman–Crippen MR) is 82.6 cm³/mol. The molecule has 0 amide bonds. The van der Waals surface area contributed by atoms with Crippen LogP contribution in [0, 0.1) is 0 Å². The van der Waals surface area contributed by atoms with Crippen LogP contribution in [0.4, 0.5) is 5.69 Å². The number of nitrogens with zero attached hydrogens (tertiary/aromatic N) is 2. The van der Waals surface area contributed by atoms with Gasteiger partial charge in [-0.05, 0) is 49.7 Å². The summed E-state index contributed by atoms with van der Waals surface area (Å²) >= 11 is 9.51. The monoisotopic (exact) mass is 330 g/mol. The maximum Gasteiger partial charge on any atom is 0.0494 e. The molecule has 1 heterocycles.